The molecule has 0 saturated heterocycles. The molecule has 0 amide bonds. The Kier molecular flexibility index (Phi) is 9.29. The summed E-state index contributed by atoms with van der Waals surface area (Å²) in [5, 5.41) is 0.162. The number of rotatable bonds is 11. The van der Waals surface area contributed by atoms with Gasteiger partial charge < -0.3 is 0 Å². The molecule has 0 nitrogen and oxygen atoms in total. The van der Waals surface area contributed by atoms with Gasteiger partial charge in [0.05, 0.1) is 5.39 Å². The van der Waals surface area contributed by atoms with E-state index in [4.69, 9.17) is 0 Å². The second-order valence-corrected chi connectivity index (χ2v) is 10.6. The minimum Gasteiger partial charge on any atom is -0.206 e. The summed E-state index contributed by atoms with van der Waals surface area (Å²) in [4.78, 5) is 0. The van der Waals surface area contributed by atoms with Gasteiger partial charge in [0.25, 0.3) is 0 Å². The highest BCUT2D eigenvalue weighted by Crippen LogP contribution is 2.35. The van der Waals surface area contributed by atoms with E-state index >= 15 is 13.2 Å². The molecule has 0 aliphatic heterocycles. The number of allylic oxidation sites excluding steroid dienone is 1. The first kappa shape index (κ1) is 26.5. The summed E-state index contributed by atoms with van der Waals surface area (Å²) in [6.45, 7) is 5.92. The monoisotopic (exact) mass is 492 g/mol. The van der Waals surface area contributed by atoms with Crippen LogP contribution in [0.2, 0.25) is 0 Å². The van der Waals surface area contributed by atoms with E-state index in [1.807, 2.05) is 30.3 Å². The highest BCUT2D eigenvalue weighted by Gasteiger charge is 2.21. The lowest BCUT2D eigenvalue weighted by Gasteiger charge is -2.28. The van der Waals surface area contributed by atoms with Crippen LogP contribution in [0.15, 0.2) is 55.1 Å². The van der Waals surface area contributed by atoms with Gasteiger partial charge in [0.15, 0.2) is 11.6 Å². The molecule has 1 aliphatic rings. The lowest BCUT2D eigenvalue weighted by Crippen LogP contribution is -2.15. The zero-order valence-corrected chi connectivity index (χ0v) is 21.6. The molecule has 36 heavy (non-hydrogen) atoms. The number of aryl methyl sites for hydroxylation is 2. The number of unbranched alkanes of at least 4 members (excludes halogenated alkanes) is 2. The van der Waals surface area contributed by atoms with E-state index in [0.29, 0.717) is 22.9 Å². The van der Waals surface area contributed by atoms with E-state index in [1.165, 1.54) is 44.1 Å². The Labute approximate surface area is 214 Å². The highest BCUT2D eigenvalue weighted by molar-refractivity contribution is 5.89. The molecule has 192 valence electrons. The standard InChI is InChI=1S/C33H39F3/c1-3-5-7-9-27-20-21-28-22-29(32(35)33(36)30(28)31(27)34)26-18-16-25(17-19-26)15-14-24-12-10-23(11-13-24)8-6-4-2/h4,16-24H,2-3,5-15H2,1H3. The predicted molar refractivity (Wildman–Crippen MR) is 146 cm³/mol. The van der Waals surface area contributed by atoms with Gasteiger partial charge in [-0.2, -0.15) is 0 Å². The molecule has 0 radical (unpaired) electrons. The Hall–Kier alpha value is -2.55. The van der Waals surface area contributed by atoms with E-state index in [-0.39, 0.29) is 10.9 Å². The molecular formula is C33H39F3. The molecule has 0 unspecified atom stereocenters. The van der Waals surface area contributed by atoms with Gasteiger partial charge in [-0.05, 0) is 78.5 Å². The van der Waals surface area contributed by atoms with Crippen molar-refractivity contribution in [2.45, 2.75) is 84.0 Å². The zero-order chi connectivity index (χ0) is 25.5. The molecule has 3 aromatic carbocycles. The molecule has 3 heteroatoms. The summed E-state index contributed by atoms with van der Waals surface area (Å²) >= 11 is 0. The molecule has 1 saturated carbocycles. The van der Waals surface area contributed by atoms with Crippen LogP contribution in [-0.2, 0) is 12.8 Å². The fourth-order valence-corrected chi connectivity index (χ4v) is 5.78. The molecule has 0 atom stereocenters. The van der Waals surface area contributed by atoms with Crippen molar-refractivity contribution in [2.75, 3.05) is 0 Å². The van der Waals surface area contributed by atoms with Gasteiger partial charge in [-0.25, -0.2) is 13.2 Å². The fraction of sp³-hybridized carbons (Fsp3) is 0.455. The Morgan fingerprint density at radius 2 is 1.50 bits per heavy atom. The van der Waals surface area contributed by atoms with Gasteiger partial charge in [0.1, 0.15) is 5.82 Å². The number of hydrogen-bond acceptors (Lipinski definition) is 0. The van der Waals surface area contributed by atoms with Crippen LogP contribution in [0.5, 0.6) is 0 Å². The number of benzene rings is 3. The van der Waals surface area contributed by atoms with E-state index in [9.17, 15) is 0 Å². The topological polar surface area (TPSA) is 0 Å². The third-order valence-corrected chi connectivity index (χ3v) is 8.10. The average molecular weight is 493 g/mol. The van der Waals surface area contributed by atoms with Crippen molar-refractivity contribution in [1.82, 2.24) is 0 Å². The van der Waals surface area contributed by atoms with Gasteiger partial charge in [-0.1, -0.05) is 87.9 Å². The van der Waals surface area contributed by atoms with Crippen LogP contribution in [0.1, 0.15) is 82.3 Å². The summed E-state index contributed by atoms with van der Waals surface area (Å²) in [7, 11) is 0. The summed E-state index contributed by atoms with van der Waals surface area (Å²) in [6.07, 6.45) is 15.2. The second-order valence-electron chi connectivity index (χ2n) is 10.6. The van der Waals surface area contributed by atoms with Crippen molar-refractivity contribution in [3.63, 3.8) is 0 Å². The lowest BCUT2D eigenvalue weighted by molar-refractivity contribution is 0.254. The van der Waals surface area contributed by atoms with E-state index in [1.54, 1.807) is 18.2 Å². The van der Waals surface area contributed by atoms with Crippen molar-refractivity contribution in [2.24, 2.45) is 11.8 Å². The third-order valence-electron chi connectivity index (χ3n) is 8.10. The lowest BCUT2D eigenvalue weighted by atomic mass is 9.78. The van der Waals surface area contributed by atoms with Crippen molar-refractivity contribution in [3.8, 4) is 11.1 Å². The molecule has 0 spiro atoms. The summed E-state index contributed by atoms with van der Waals surface area (Å²) in [6, 6.07) is 12.8. The Morgan fingerprint density at radius 1 is 0.806 bits per heavy atom. The van der Waals surface area contributed by atoms with Crippen LogP contribution in [0.3, 0.4) is 0 Å². The second kappa shape index (κ2) is 12.6. The molecule has 0 bridgehead atoms. The fourth-order valence-electron chi connectivity index (χ4n) is 5.78. The Bertz CT molecular complexity index is 1150. The van der Waals surface area contributed by atoms with Crippen molar-refractivity contribution in [1.29, 1.82) is 0 Å². The first-order valence-electron chi connectivity index (χ1n) is 13.8. The van der Waals surface area contributed by atoms with Crippen molar-refractivity contribution >= 4 is 10.8 Å². The number of fused-ring (bicyclic) bond motifs is 1. The minimum atomic E-state index is -1.09. The van der Waals surface area contributed by atoms with Crippen molar-refractivity contribution < 1.29 is 13.2 Å². The first-order valence-corrected chi connectivity index (χ1v) is 13.8. The zero-order valence-electron chi connectivity index (χ0n) is 21.6. The maximum Gasteiger partial charge on any atom is 0.170 e. The molecule has 1 aliphatic carbocycles. The summed E-state index contributed by atoms with van der Waals surface area (Å²) < 4.78 is 45.2. The van der Waals surface area contributed by atoms with Crippen LogP contribution in [0.4, 0.5) is 13.2 Å². The van der Waals surface area contributed by atoms with Crippen molar-refractivity contribution in [3.05, 3.63) is 83.7 Å². The average Bonchev–Trinajstić information content (AvgIpc) is 2.90. The summed E-state index contributed by atoms with van der Waals surface area (Å²) in [5.74, 6) is -1.06. The van der Waals surface area contributed by atoms with Gasteiger partial charge >= 0.3 is 0 Å². The number of hydrogen-bond donors (Lipinski definition) is 0. The van der Waals surface area contributed by atoms with Gasteiger partial charge in [-0.15, -0.1) is 6.58 Å². The van der Waals surface area contributed by atoms with Gasteiger partial charge in [-0.3, -0.25) is 0 Å². The quantitative estimate of drug-likeness (QED) is 0.184. The maximum atomic E-state index is 15.1. The SMILES string of the molecule is C=CCCC1CCC(CCc2ccc(-c3cc4ccc(CCCCC)c(F)c4c(F)c3F)cc2)CC1. The van der Waals surface area contributed by atoms with E-state index in [0.717, 1.165) is 43.9 Å². The molecule has 3 aromatic rings. The predicted octanol–water partition coefficient (Wildman–Crippen LogP) is 10.4. The minimum absolute atomic E-state index is 0.183. The van der Waals surface area contributed by atoms with Crippen LogP contribution in [-0.4, -0.2) is 0 Å². The molecule has 0 heterocycles. The summed E-state index contributed by atoms with van der Waals surface area (Å²) in [5.41, 5.74) is 2.48. The highest BCUT2D eigenvalue weighted by atomic mass is 19.2. The largest absolute Gasteiger partial charge is 0.206 e. The molecule has 1 fully saturated rings. The smallest absolute Gasteiger partial charge is 0.170 e. The van der Waals surface area contributed by atoms with E-state index < -0.39 is 17.5 Å². The van der Waals surface area contributed by atoms with Crippen LogP contribution in [0.25, 0.3) is 21.9 Å². The first-order chi connectivity index (χ1) is 17.5. The van der Waals surface area contributed by atoms with E-state index in [2.05, 4.69) is 13.5 Å². The molecule has 0 aromatic heterocycles. The Morgan fingerprint density at radius 3 is 2.17 bits per heavy atom. The molecular weight excluding hydrogens is 453 g/mol. The normalized spacial score (nSPS) is 18.0. The molecule has 4 rings (SSSR count). The van der Waals surface area contributed by atoms with Gasteiger partial charge in [0.2, 0.25) is 0 Å². The van der Waals surface area contributed by atoms with Crippen LogP contribution in [0, 0.1) is 29.3 Å². The van der Waals surface area contributed by atoms with Crippen LogP contribution >= 0.6 is 0 Å². The maximum absolute atomic E-state index is 15.1. The molecule has 0 N–H and O–H groups in total. The van der Waals surface area contributed by atoms with Gasteiger partial charge in [0, 0.05) is 5.56 Å². The third kappa shape index (κ3) is 6.22. The Balaban J connectivity index is 1.43. The number of halogens is 3. The van der Waals surface area contributed by atoms with Crippen LogP contribution < -0.4 is 0 Å².